The Morgan fingerprint density at radius 3 is 2.58 bits per heavy atom. The van der Waals surface area contributed by atoms with Crippen molar-refractivity contribution in [3.63, 3.8) is 0 Å². The molecule has 0 saturated carbocycles. The Morgan fingerprint density at radius 2 is 2.11 bits per heavy atom. The monoisotopic (exact) mass is 396 g/mol. The highest BCUT2D eigenvalue weighted by Crippen LogP contribution is 2.10. The summed E-state index contributed by atoms with van der Waals surface area (Å²) in [7, 11) is 1.80. The molecule has 0 saturated heterocycles. The molecule has 1 aromatic rings. The highest BCUT2D eigenvalue weighted by atomic mass is 127. The van der Waals surface area contributed by atoms with Gasteiger partial charge in [-0.15, -0.1) is 35.3 Å². The molecule has 0 aliphatic rings. The van der Waals surface area contributed by atoms with Crippen molar-refractivity contribution < 1.29 is 0 Å². The molecule has 0 spiro atoms. The predicted molar refractivity (Wildman–Crippen MR) is 94.8 cm³/mol. The van der Waals surface area contributed by atoms with Gasteiger partial charge in [0.1, 0.15) is 0 Å². The van der Waals surface area contributed by atoms with E-state index in [1.54, 1.807) is 18.4 Å². The van der Waals surface area contributed by atoms with Gasteiger partial charge < -0.3 is 10.6 Å². The number of hydrogen-bond donors (Lipinski definition) is 2. The van der Waals surface area contributed by atoms with Gasteiger partial charge in [-0.05, 0) is 34.1 Å². The molecule has 0 amide bonds. The number of aromatic nitrogens is 1. The van der Waals surface area contributed by atoms with E-state index >= 15 is 0 Å². The Hall–Kier alpha value is -0.370. The van der Waals surface area contributed by atoms with E-state index in [-0.39, 0.29) is 29.5 Å². The van der Waals surface area contributed by atoms with Crippen molar-refractivity contribution >= 4 is 41.3 Å². The van der Waals surface area contributed by atoms with Crippen molar-refractivity contribution in [2.45, 2.75) is 46.1 Å². The number of aryl methyl sites for hydroxylation is 2. The summed E-state index contributed by atoms with van der Waals surface area (Å²) >= 11 is 1.74. The van der Waals surface area contributed by atoms with Gasteiger partial charge in [0.25, 0.3) is 0 Å². The normalized spacial score (nSPS) is 11.9. The summed E-state index contributed by atoms with van der Waals surface area (Å²) in [4.78, 5) is 8.66. The zero-order chi connectivity index (χ0) is 13.6. The lowest BCUT2D eigenvalue weighted by molar-refractivity contribution is 0.501. The highest BCUT2D eigenvalue weighted by molar-refractivity contribution is 14.0. The van der Waals surface area contributed by atoms with Crippen LogP contribution in [0.25, 0.3) is 0 Å². The van der Waals surface area contributed by atoms with Crippen LogP contribution in [0.2, 0.25) is 0 Å². The van der Waals surface area contributed by atoms with E-state index in [0.717, 1.165) is 31.0 Å². The maximum Gasteiger partial charge on any atom is 0.191 e. The molecule has 0 aromatic carbocycles. The molecule has 0 unspecified atom stereocenters. The minimum atomic E-state index is 0. The summed E-state index contributed by atoms with van der Waals surface area (Å²) in [6, 6.07) is 0. The molecule has 1 heterocycles. The van der Waals surface area contributed by atoms with Crippen LogP contribution < -0.4 is 10.6 Å². The molecular weight excluding hydrogens is 371 g/mol. The minimum absolute atomic E-state index is 0. The van der Waals surface area contributed by atoms with Gasteiger partial charge in [0, 0.05) is 36.6 Å². The van der Waals surface area contributed by atoms with Gasteiger partial charge >= 0.3 is 0 Å². The molecular formula is C13H25IN4S. The largest absolute Gasteiger partial charge is 0.356 e. The predicted octanol–water partition coefficient (Wildman–Crippen LogP) is 2.97. The molecule has 0 radical (unpaired) electrons. The van der Waals surface area contributed by atoms with E-state index in [0.29, 0.717) is 0 Å². The summed E-state index contributed by atoms with van der Waals surface area (Å²) in [5.74, 6) is 0.859. The molecule has 6 heteroatoms. The Morgan fingerprint density at radius 1 is 1.42 bits per heavy atom. The van der Waals surface area contributed by atoms with E-state index < -0.39 is 0 Å². The third kappa shape index (κ3) is 8.41. The van der Waals surface area contributed by atoms with Crippen LogP contribution in [0.5, 0.6) is 0 Å². The zero-order valence-electron chi connectivity index (χ0n) is 12.4. The minimum Gasteiger partial charge on any atom is -0.356 e. The second-order valence-corrected chi connectivity index (χ2v) is 6.30. The van der Waals surface area contributed by atoms with Gasteiger partial charge in [0.2, 0.25) is 0 Å². The summed E-state index contributed by atoms with van der Waals surface area (Å²) in [5.41, 5.74) is 1.15. The molecule has 2 N–H and O–H groups in total. The van der Waals surface area contributed by atoms with Crippen LogP contribution in [0.3, 0.4) is 0 Å². The zero-order valence-corrected chi connectivity index (χ0v) is 15.6. The van der Waals surface area contributed by atoms with Gasteiger partial charge in [-0.2, -0.15) is 0 Å². The van der Waals surface area contributed by atoms with Gasteiger partial charge in [-0.3, -0.25) is 4.99 Å². The lowest BCUT2D eigenvalue weighted by atomic mass is 10.1. The van der Waals surface area contributed by atoms with Crippen LogP contribution in [0.15, 0.2) is 10.4 Å². The highest BCUT2D eigenvalue weighted by Gasteiger charge is 2.11. The van der Waals surface area contributed by atoms with Crippen molar-refractivity contribution in [2.24, 2.45) is 4.99 Å². The van der Waals surface area contributed by atoms with Gasteiger partial charge in [-0.25, -0.2) is 4.98 Å². The van der Waals surface area contributed by atoms with E-state index in [9.17, 15) is 0 Å². The van der Waals surface area contributed by atoms with E-state index in [1.165, 1.54) is 5.01 Å². The molecule has 0 atom stereocenters. The Bertz CT molecular complexity index is 396. The summed E-state index contributed by atoms with van der Waals surface area (Å²) in [5, 5.41) is 9.97. The number of hydrogen-bond acceptors (Lipinski definition) is 3. The fourth-order valence-corrected chi connectivity index (χ4v) is 2.32. The van der Waals surface area contributed by atoms with E-state index in [4.69, 9.17) is 0 Å². The van der Waals surface area contributed by atoms with Crippen LogP contribution >= 0.6 is 35.3 Å². The molecule has 4 nitrogen and oxygen atoms in total. The number of rotatable bonds is 4. The van der Waals surface area contributed by atoms with Gasteiger partial charge in [0.15, 0.2) is 5.96 Å². The van der Waals surface area contributed by atoms with Crippen molar-refractivity contribution in [2.75, 3.05) is 13.6 Å². The number of aliphatic imine (C=N–C) groups is 1. The molecule has 1 aromatic heterocycles. The smallest absolute Gasteiger partial charge is 0.191 e. The van der Waals surface area contributed by atoms with Crippen LogP contribution in [0.4, 0.5) is 0 Å². The quantitative estimate of drug-likeness (QED) is 0.356. The topological polar surface area (TPSA) is 49.3 Å². The Labute approximate surface area is 137 Å². The maximum atomic E-state index is 4.45. The first-order valence-electron chi connectivity index (χ1n) is 6.30. The number of halogens is 1. The number of nitrogens with one attached hydrogen (secondary N) is 2. The van der Waals surface area contributed by atoms with Crippen molar-refractivity contribution in [1.82, 2.24) is 15.6 Å². The molecule has 0 bridgehead atoms. The average Bonchev–Trinajstić information content (AvgIpc) is 2.67. The average molecular weight is 396 g/mol. The van der Waals surface area contributed by atoms with Crippen molar-refractivity contribution in [1.29, 1.82) is 0 Å². The molecule has 19 heavy (non-hydrogen) atoms. The molecule has 0 aliphatic heterocycles. The second-order valence-electron chi connectivity index (χ2n) is 5.36. The third-order valence-corrected chi connectivity index (χ3v) is 3.27. The Balaban J connectivity index is 0.00000324. The summed E-state index contributed by atoms with van der Waals surface area (Å²) < 4.78 is 0. The second kappa shape index (κ2) is 8.73. The summed E-state index contributed by atoms with van der Waals surface area (Å²) in [6.07, 6.45) is 2.09. The maximum absolute atomic E-state index is 4.45. The molecule has 110 valence electrons. The van der Waals surface area contributed by atoms with Gasteiger partial charge in [-0.1, -0.05) is 0 Å². The fraction of sp³-hybridized carbons (Fsp3) is 0.692. The number of guanidine groups is 1. The molecule has 0 fully saturated rings. The first-order valence-corrected chi connectivity index (χ1v) is 7.18. The summed E-state index contributed by atoms with van der Waals surface area (Å²) in [6.45, 7) is 9.32. The SMILES string of the molecule is CN=C(NCCCc1nc(C)cs1)NC(C)(C)C.I. The van der Waals surface area contributed by atoms with Crippen molar-refractivity contribution in [3.8, 4) is 0 Å². The van der Waals surface area contributed by atoms with Gasteiger partial charge in [0.05, 0.1) is 5.01 Å². The standard InChI is InChI=1S/C13H24N4S.HI/c1-10-9-18-11(16-10)7-6-8-15-12(14-5)17-13(2,3)4;/h9H,6-8H2,1-5H3,(H2,14,15,17);1H. The fourth-order valence-electron chi connectivity index (χ4n) is 1.50. The lowest BCUT2D eigenvalue weighted by Crippen LogP contribution is -2.47. The number of nitrogens with zero attached hydrogens (tertiary/aromatic N) is 2. The molecule has 1 rings (SSSR count). The van der Waals surface area contributed by atoms with Crippen LogP contribution in [-0.2, 0) is 6.42 Å². The van der Waals surface area contributed by atoms with Crippen LogP contribution in [0.1, 0.15) is 37.9 Å². The van der Waals surface area contributed by atoms with E-state index in [2.05, 4.69) is 46.8 Å². The van der Waals surface area contributed by atoms with Crippen LogP contribution in [-0.4, -0.2) is 30.1 Å². The van der Waals surface area contributed by atoms with Crippen LogP contribution in [0, 0.1) is 6.92 Å². The first kappa shape index (κ1) is 18.6. The first-order chi connectivity index (χ1) is 8.40. The number of thiazole rings is 1. The third-order valence-electron chi connectivity index (χ3n) is 2.24. The Kier molecular flexibility index (Phi) is 8.56. The molecule has 0 aliphatic carbocycles. The van der Waals surface area contributed by atoms with Crippen molar-refractivity contribution in [3.05, 3.63) is 16.1 Å². The van der Waals surface area contributed by atoms with E-state index in [1.807, 2.05) is 6.92 Å². The lowest BCUT2D eigenvalue weighted by Gasteiger charge is -2.23.